The SMILES string of the molecule is CC(=O)N[C@H](CC(=O)O[C@H](C)C(=O)Nc1ccc(Cl)cn1)c1ccccc1. The van der Waals surface area contributed by atoms with Gasteiger partial charge in [0, 0.05) is 13.1 Å². The molecule has 2 N–H and O–H groups in total. The minimum atomic E-state index is -1.02. The van der Waals surface area contributed by atoms with Crippen LogP contribution in [-0.2, 0) is 19.1 Å². The summed E-state index contributed by atoms with van der Waals surface area (Å²) in [6.07, 6.45) is 0.273. The summed E-state index contributed by atoms with van der Waals surface area (Å²) in [6.45, 7) is 2.83. The predicted molar refractivity (Wildman–Crippen MR) is 101 cm³/mol. The third kappa shape index (κ3) is 6.71. The Morgan fingerprint density at radius 1 is 1.15 bits per heavy atom. The van der Waals surface area contributed by atoms with Crippen LogP contribution in [0.4, 0.5) is 5.82 Å². The van der Waals surface area contributed by atoms with Crippen molar-refractivity contribution in [2.45, 2.75) is 32.4 Å². The molecule has 0 saturated carbocycles. The van der Waals surface area contributed by atoms with E-state index < -0.39 is 24.0 Å². The molecule has 1 heterocycles. The highest BCUT2D eigenvalue weighted by Gasteiger charge is 2.22. The van der Waals surface area contributed by atoms with Gasteiger partial charge in [-0.05, 0) is 24.6 Å². The van der Waals surface area contributed by atoms with Gasteiger partial charge >= 0.3 is 5.97 Å². The summed E-state index contributed by atoms with van der Waals surface area (Å²) in [7, 11) is 0. The van der Waals surface area contributed by atoms with Crippen LogP contribution < -0.4 is 10.6 Å². The number of hydrogen-bond donors (Lipinski definition) is 2. The Hall–Kier alpha value is -2.93. The third-order valence-electron chi connectivity index (χ3n) is 3.61. The van der Waals surface area contributed by atoms with Crippen molar-refractivity contribution in [2.75, 3.05) is 5.32 Å². The minimum absolute atomic E-state index is 0.0968. The van der Waals surface area contributed by atoms with Gasteiger partial charge in [0.25, 0.3) is 5.91 Å². The Morgan fingerprint density at radius 3 is 2.44 bits per heavy atom. The number of aromatic nitrogens is 1. The van der Waals surface area contributed by atoms with Gasteiger partial charge in [-0.3, -0.25) is 14.4 Å². The van der Waals surface area contributed by atoms with E-state index in [0.717, 1.165) is 5.56 Å². The first kappa shape index (κ1) is 20.4. The van der Waals surface area contributed by atoms with Gasteiger partial charge in [0.15, 0.2) is 6.10 Å². The zero-order chi connectivity index (χ0) is 19.8. The number of esters is 1. The van der Waals surface area contributed by atoms with Crippen LogP contribution in [0.1, 0.15) is 31.9 Å². The number of benzene rings is 1. The Bertz CT molecular complexity index is 796. The summed E-state index contributed by atoms with van der Waals surface area (Å²) >= 11 is 5.74. The molecule has 1 aromatic carbocycles. The molecule has 2 aromatic rings. The largest absolute Gasteiger partial charge is 0.452 e. The van der Waals surface area contributed by atoms with Crippen LogP contribution in [0.15, 0.2) is 48.7 Å². The molecule has 0 bridgehead atoms. The van der Waals surface area contributed by atoms with Crippen LogP contribution in [0, 0.1) is 0 Å². The molecule has 0 aliphatic carbocycles. The smallest absolute Gasteiger partial charge is 0.309 e. The summed E-state index contributed by atoms with van der Waals surface area (Å²) in [5, 5.41) is 5.69. The zero-order valence-electron chi connectivity index (χ0n) is 14.9. The molecule has 0 saturated heterocycles. The Morgan fingerprint density at radius 2 is 1.85 bits per heavy atom. The van der Waals surface area contributed by atoms with E-state index in [4.69, 9.17) is 16.3 Å². The van der Waals surface area contributed by atoms with Crippen LogP contribution in [0.5, 0.6) is 0 Å². The second kappa shape index (κ2) is 9.68. The number of carbonyl (C=O) groups is 3. The van der Waals surface area contributed by atoms with E-state index in [2.05, 4.69) is 15.6 Å². The number of anilines is 1. The van der Waals surface area contributed by atoms with Gasteiger partial charge in [-0.1, -0.05) is 41.9 Å². The van der Waals surface area contributed by atoms with Gasteiger partial charge in [-0.2, -0.15) is 0 Å². The number of hydrogen-bond acceptors (Lipinski definition) is 5. The lowest BCUT2D eigenvalue weighted by Crippen LogP contribution is -2.33. The van der Waals surface area contributed by atoms with Crippen molar-refractivity contribution >= 4 is 35.2 Å². The van der Waals surface area contributed by atoms with E-state index >= 15 is 0 Å². The Balaban J connectivity index is 1.94. The van der Waals surface area contributed by atoms with E-state index in [9.17, 15) is 14.4 Å². The number of carbonyl (C=O) groups excluding carboxylic acids is 3. The van der Waals surface area contributed by atoms with Crippen molar-refractivity contribution in [2.24, 2.45) is 0 Å². The van der Waals surface area contributed by atoms with Crippen molar-refractivity contribution in [3.05, 3.63) is 59.2 Å². The van der Waals surface area contributed by atoms with Crippen molar-refractivity contribution in [1.82, 2.24) is 10.3 Å². The second-order valence-corrected chi connectivity index (χ2v) is 6.29. The lowest BCUT2D eigenvalue weighted by Gasteiger charge is -2.19. The maximum Gasteiger partial charge on any atom is 0.309 e. The first-order valence-corrected chi connectivity index (χ1v) is 8.67. The molecule has 2 amide bonds. The highest BCUT2D eigenvalue weighted by molar-refractivity contribution is 6.30. The second-order valence-electron chi connectivity index (χ2n) is 5.85. The first-order chi connectivity index (χ1) is 12.8. The van der Waals surface area contributed by atoms with Gasteiger partial charge < -0.3 is 15.4 Å². The fourth-order valence-corrected chi connectivity index (χ4v) is 2.44. The van der Waals surface area contributed by atoms with Gasteiger partial charge in [0.2, 0.25) is 5.91 Å². The van der Waals surface area contributed by atoms with Crippen LogP contribution in [-0.4, -0.2) is 28.9 Å². The first-order valence-electron chi connectivity index (χ1n) is 8.29. The number of nitrogens with one attached hydrogen (secondary N) is 2. The van der Waals surface area contributed by atoms with Crippen molar-refractivity contribution in [3.8, 4) is 0 Å². The van der Waals surface area contributed by atoms with Gasteiger partial charge in [0.05, 0.1) is 17.5 Å². The molecule has 142 valence electrons. The predicted octanol–water partition coefficient (Wildman–Crippen LogP) is 2.87. The third-order valence-corrected chi connectivity index (χ3v) is 3.83. The molecular formula is C19H20ClN3O4. The molecule has 0 aliphatic heterocycles. The molecule has 0 unspecified atom stereocenters. The average molecular weight is 390 g/mol. The Labute approximate surface area is 162 Å². The lowest BCUT2D eigenvalue weighted by molar-refractivity contribution is -0.153. The molecular weight excluding hydrogens is 370 g/mol. The summed E-state index contributed by atoms with van der Waals surface area (Å²) in [4.78, 5) is 39.7. The fourth-order valence-electron chi connectivity index (χ4n) is 2.33. The van der Waals surface area contributed by atoms with Gasteiger partial charge in [0.1, 0.15) is 5.82 Å². The highest BCUT2D eigenvalue weighted by Crippen LogP contribution is 2.18. The standard InChI is InChI=1S/C19H20ClN3O4/c1-12(19(26)23-17-9-8-15(20)11-21-17)27-18(25)10-16(22-13(2)24)14-6-4-3-5-7-14/h3-9,11-12,16H,10H2,1-2H3,(H,22,24)(H,21,23,26)/t12-,16-/m1/s1. The molecule has 0 aliphatic rings. The van der Waals surface area contributed by atoms with Crippen molar-refractivity contribution in [1.29, 1.82) is 0 Å². The number of amides is 2. The van der Waals surface area contributed by atoms with E-state index in [1.807, 2.05) is 18.2 Å². The lowest BCUT2D eigenvalue weighted by atomic mass is 10.0. The van der Waals surface area contributed by atoms with Crippen LogP contribution in [0.2, 0.25) is 5.02 Å². The van der Waals surface area contributed by atoms with Crippen LogP contribution in [0.25, 0.3) is 0 Å². The number of pyridine rings is 1. The summed E-state index contributed by atoms with van der Waals surface area (Å²) < 4.78 is 5.19. The van der Waals surface area contributed by atoms with Gasteiger partial charge in [-0.25, -0.2) is 4.98 Å². The minimum Gasteiger partial charge on any atom is -0.452 e. The number of rotatable bonds is 7. The molecule has 27 heavy (non-hydrogen) atoms. The van der Waals surface area contributed by atoms with E-state index in [1.54, 1.807) is 18.2 Å². The maximum atomic E-state index is 12.2. The summed E-state index contributed by atoms with van der Waals surface area (Å²) in [5.41, 5.74) is 0.770. The molecule has 7 nitrogen and oxygen atoms in total. The normalized spacial score (nSPS) is 12.6. The quantitative estimate of drug-likeness (QED) is 0.709. The number of halogens is 1. The topological polar surface area (TPSA) is 97.4 Å². The zero-order valence-corrected chi connectivity index (χ0v) is 15.7. The van der Waals surface area contributed by atoms with Gasteiger partial charge in [-0.15, -0.1) is 0 Å². The van der Waals surface area contributed by atoms with Crippen molar-refractivity contribution in [3.63, 3.8) is 0 Å². The Kier molecular flexibility index (Phi) is 7.31. The van der Waals surface area contributed by atoms with Crippen LogP contribution in [0.3, 0.4) is 0 Å². The monoisotopic (exact) mass is 389 g/mol. The molecule has 8 heteroatoms. The molecule has 0 radical (unpaired) electrons. The van der Waals surface area contributed by atoms with E-state index in [-0.39, 0.29) is 12.3 Å². The van der Waals surface area contributed by atoms with Crippen LogP contribution >= 0.6 is 11.6 Å². The molecule has 0 spiro atoms. The van der Waals surface area contributed by atoms with E-state index in [1.165, 1.54) is 26.1 Å². The molecule has 2 atom stereocenters. The summed E-state index contributed by atoms with van der Waals surface area (Å²) in [5.74, 6) is -1.10. The maximum absolute atomic E-state index is 12.2. The van der Waals surface area contributed by atoms with E-state index in [0.29, 0.717) is 10.8 Å². The molecule has 0 fully saturated rings. The summed E-state index contributed by atoms with van der Waals surface area (Å²) in [6, 6.07) is 11.6. The number of ether oxygens (including phenoxy) is 1. The van der Waals surface area contributed by atoms with Crippen molar-refractivity contribution < 1.29 is 19.1 Å². The fraction of sp³-hybridized carbons (Fsp3) is 0.263. The highest BCUT2D eigenvalue weighted by atomic mass is 35.5. The number of nitrogens with zero attached hydrogens (tertiary/aromatic N) is 1. The average Bonchev–Trinajstić information content (AvgIpc) is 2.63. The molecule has 1 aromatic heterocycles. The molecule has 2 rings (SSSR count).